The lowest BCUT2D eigenvalue weighted by atomic mass is 10.2. The molecule has 0 bridgehead atoms. The van der Waals surface area contributed by atoms with Gasteiger partial charge in [0.1, 0.15) is 6.04 Å². The zero-order valence-corrected chi connectivity index (χ0v) is 6.94. The Balaban J connectivity index is 2.39. The molecule has 12 heavy (non-hydrogen) atoms. The predicted octanol–water partition coefficient (Wildman–Crippen LogP) is -2.25. The van der Waals surface area contributed by atoms with Crippen molar-refractivity contribution in [1.82, 2.24) is 10.2 Å². The molecular weight excluding hydrogens is 158 g/mol. The van der Waals surface area contributed by atoms with Crippen molar-refractivity contribution in [3.05, 3.63) is 0 Å². The van der Waals surface area contributed by atoms with Gasteiger partial charge in [-0.1, -0.05) is 0 Å². The monoisotopic (exact) mass is 172 g/mol. The number of aliphatic hydroxyl groups is 1. The SMILES string of the molecule is NC(CO)C(=O)N1CC[N]CC1. The molecule has 0 aromatic rings. The molecule has 1 aliphatic heterocycles. The first-order valence-electron chi connectivity index (χ1n) is 4.04. The average Bonchev–Trinajstić information content (AvgIpc) is 2.17. The first-order valence-corrected chi connectivity index (χ1v) is 4.04. The summed E-state index contributed by atoms with van der Waals surface area (Å²) in [5, 5.41) is 12.7. The van der Waals surface area contributed by atoms with E-state index in [0.29, 0.717) is 26.2 Å². The van der Waals surface area contributed by atoms with Gasteiger partial charge in [0.05, 0.1) is 6.61 Å². The Morgan fingerprint density at radius 3 is 2.67 bits per heavy atom. The second-order valence-electron chi connectivity index (χ2n) is 2.79. The van der Waals surface area contributed by atoms with Crippen LogP contribution in [0.5, 0.6) is 0 Å². The Hall–Kier alpha value is -0.650. The lowest BCUT2D eigenvalue weighted by Gasteiger charge is -2.28. The molecule has 1 unspecified atom stereocenters. The van der Waals surface area contributed by atoms with Gasteiger partial charge < -0.3 is 15.7 Å². The van der Waals surface area contributed by atoms with Crippen molar-refractivity contribution < 1.29 is 9.90 Å². The number of nitrogens with two attached hydrogens (primary N) is 1. The van der Waals surface area contributed by atoms with Crippen LogP contribution in [0.3, 0.4) is 0 Å². The molecule has 1 atom stereocenters. The third-order valence-electron chi connectivity index (χ3n) is 1.88. The van der Waals surface area contributed by atoms with E-state index in [9.17, 15) is 4.79 Å². The minimum atomic E-state index is -0.761. The summed E-state index contributed by atoms with van der Waals surface area (Å²) in [5.41, 5.74) is 5.38. The van der Waals surface area contributed by atoms with E-state index in [1.165, 1.54) is 0 Å². The van der Waals surface area contributed by atoms with E-state index in [1.807, 2.05) is 0 Å². The van der Waals surface area contributed by atoms with Crippen molar-refractivity contribution in [2.45, 2.75) is 6.04 Å². The number of aliphatic hydroxyl groups excluding tert-OH is 1. The fraction of sp³-hybridized carbons (Fsp3) is 0.857. The molecule has 1 heterocycles. The van der Waals surface area contributed by atoms with E-state index in [4.69, 9.17) is 10.8 Å². The number of piperazine rings is 1. The van der Waals surface area contributed by atoms with Crippen molar-refractivity contribution in [1.29, 1.82) is 0 Å². The third kappa shape index (κ3) is 2.17. The normalized spacial score (nSPS) is 20.7. The summed E-state index contributed by atoms with van der Waals surface area (Å²) in [4.78, 5) is 13.0. The maximum Gasteiger partial charge on any atom is 0.241 e. The molecule has 0 saturated carbocycles. The highest BCUT2D eigenvalue weighted by Gasteiger charge is 2.21. The van der Waals surface area contributed by atoms with Crippen molar-refractivity contribution in [2.24, 2.45) is 5.73 Å². The summed E-state index contributed by atoms with van der Waals surface area (Å²) >= 11 is 0. The van der Waals surface area contributed by atoms with Gasteiger partial charge in [0.2, 0.25) is 5.91 Å². The van der Waals surface area contributed by atoms with Gasteiger partial charge in [-0.05, 0) is 0 Å². The Labute approximate surface area is 71.5 Å². The Morgan fingerprint density at radius 2 is 2.17 bits per heavy atom. The van der Waals surface area contributed by atoms with Crippen molar-refractivity contribution in [3.8, 4) is 0 Å². The summed E-state index contributed by atoms with van der Waals surface area (Å²) in [6.45, 7) is 2.35. The molecule has 0 aliphatic carbocycles. The predicted molar refractivity (Wildman–Crippen MR) is 43.5 cm³/mol. The molecule has 69 valence electrons. The van der Waals surface area contributed by atoms with Gasteiger partial charge in [-0.15, -0.1) is 0 Å². The summed E-state index contributed by atoms with van der Waals surface area (Å²) in [7, 11) is 0. The zero-order valence-electron chi connectivity index (χ0n) is 6.94. The van der Waals surface area contributed by atoms with Crippen molar-refractivity contribution in [3.63, 3.8) is 0 Å². The zero-order chi connectivity index (χ0) is 8.97. The summed E-state index contributed by atoms with van der Waals surface area (Å²) in [5.74, 6) is -0.174. The van der Waals surface area contributed by atoms with Gasteiger partial charge in [-0.3, -0.25) is 4.79 Å². The first kappa shape index (κ1) is 9.44. The van der Waals surface area contributed by atoms with E-state index in [1.54, 1.807) is 4.90 Å². The van der Waals surface area contributed by atoms with Crippen LogP contribution in [-0.2, 0) is 4.79 Å². The Morgan fingerprint density at radius 1 is 1.58 bits per heavy atom. The fourth-order valence-electron chi connectivity index (χ4n) is 1.14. The molecular formula is C7H14N3O2. The standard InChI is InChI=1S/C7H14N3O2/c8-6(5-11)7(12)10-3-1-9-2-4-10/h6,11H,1-5,8H2. The van der Waals surface area contributed by atoms with Crippen LogP contribution in [0.15, 0.2) is 0 Å². The molecule has 5 nitrogen and oxygen atoms in total. The second kappa shape index (κ2) is 4.39. The van der Waals surface area contributed by atoms with Crippen LogP contribution in [-0.4, -0.2) is 54.7 Å². The summed E-state index contributed by atoms with van der Waals surface area (Å²) < 4.78 is 0. The van der Waals surface area contributed by atoms with Crippen LogP contribution >= 0.6 is 0 Å². The Bertz CT molecular complexity index is 157. The minimum Gasteiger partial charge on any atom is -0.394 e. The quantitative estimate of drug-likeness (QED) is 0.494. The van der Waals surface area contributed by atoms with Gasteiger partial charge in [-0.2, -0.15) is 0 Å². The van der Waals surface area contributed by atoms with E-state index in [0.717, 1.165) is 0 Å². The molecule has 0 aromatic carbocycles. The van der Waals surface area contributed by atoms with Crippen molar-refractivity contribution in [2.75, 3.05) is 32.8 Å². The smallest absolute Gasteiger partial charge is 0.241 e. The maximum atomic E-state index is 11.3. The van der Waals surface area contributed by atoms with Gasteiger partial charge in [0.25, 0.3) is 0 Å². The number of nitrogens with zero attached hydrogens (tertiary/aromatic N) is 2. The van der Waals surface area contributed by atoms with Crippen LogP contribution in [0.4, 0.5) is 0 Å². The number of hydrogen-bond acceptors (Lipinski definition) is 3. The van der Waals surface area contributed by atoms with Gasteiger partial charge in [-0.25, -0.2) is 5.32 Å². The highest BCUT2D eigenvalue weighted by molar-refractivity contribution is 5.81. The molecule has 0 spiro atoms. The van der Waals surface area contributed by atoms with E-state index in [-0.39, 0.29) is 12.5 Å². The van der Waals surface area contributed by atoms with Gasteiger partial charge in [0, 0.05) is 26.2 Å². The van der Waals surface area contributed by atoms with Gasteiger partial charge in [0.15, 0.2) is 0 Å². The highest BCUT2D eigenvalue weighted by Crippen LogP contribution is 1.96. The lowest BCUT2D eigenvalue weighted by Crippen LogP contribution is -2.51. The molecule has 1 saturated heterocycles. The van der Waals surface area contributed by atoms with E-state index >= 15 is 0 Å². The van der Waals surface area contributed by atoms with E-state index in [2.05, 4.69) is 5.32 Å². The summed E-state index contributed by atoms with van der Waals surface area (Å²) in [6, 6.07) is -0.761. The van der Waals surface area contributed by atoms with Crippen LogP contribution in [0.1, 0.15) is 0 Å². The molecule has 1 rings (SSSR count). The molecule has 1 aliphatic rings. The second-order valence-corrected chi connectivity index (χ2v) is 2.79. The largest absolute Gasteiger partial charge is 0.394 e. The minimum absolute atomic E-state index is 0.174. The van der Waals surface area contributed by atoms with Crippen LogP contribution < -0.4 is 11.1 Å². The van der Waals surface area contributed by atoms with Crippen LogP contribution in [0.25, 0.3) is 0 Å². The molecule has 3 N–H and O–H groups in total. The van der Waals surface area contributed by atoms with Crippen molar-refractivity contribution >= 4 is 5.91 Å². The number of amides is 1. The molecule has 1 amide bonds. The number of carbonyl (C=O) groups is 1. The van der Waals surface area contributed by atoms with E-state index < -0.39 is 6.04 Å². The number of hydrogen-bond donors (Lipinski definition) is 2. The fourth-order valence-corrected chi connectivity index (χ4v) is 1.14. The lowest BCUT2D eigenvalue weighted by molar-refractivity contribution is -0.134. The molecule has 1 radical (unpaired) electrons. The summed E-state index contributed by atoms with van der Waals surface area (Å²) in [6.07, 6.45) is 0. The molecule has 1 fully saturated rings. The van der Waals surface area contributed by atoms with Crippen LogP contribution in [0.2, 0.25) is 0 Å². The third-order valence-corrected chi connectivity index (χ3v) is 1.88. The topological polar surface area (TPSA) is 80.7 Å². The first-order chi connectivity index (χ1) is 5.75. The molecule has 5 heteroatoms. The maximum absolute atomic E-state index is 11.3. The average molecular weight is 172 g/mol. The van der Waals surface area contributed by atoms with Gasteiger partial charge >= 0.3 is 0 Å². The van der Waals surface area contributed by atoms with Crippen LogP contribution in [0, 0.1) is 0 Å². The highest BCUT2D eigenvalue weighted by atomic mass is 16.3. The number of carbonyl (C=O) groups excluding carboxylic acids is 1. The molecule has 0 aromatic heterocycles. The number of rotatable bonds is 2. The Kier molecular flexibility index (Phi) is 3.46.